The summed E-state index contributed by atoms with van der Waals surface area (Å²) < 4.78 is 0. The molecule has 5 heteroatoms. The number of rotatable bonds is 5. The van der Waals surface area contributed by atoms with E-state index in [1.54, 1.807) is 0 Å². The van der Waals surface area contributed by atoms with E-state index >= 15 is 0 Å². The number of carbonyl (C=O) groups is 1. The van der Waals surface area contributed by atoms with Crippen LogP contribution in [-0.2, 0) is 11.2 Å². The van der Waals surface area contributed by atoms with Gasteiger partial charge in [0, 0.05) is 28.7 Å². The second-order valence-electron chi connectivity index (χ2n) is 10.2. The molecule has 0 bridgehead atoms. The molecule has 0 saturated carbocycles. The maximum absolute atomic E-state index is 12.8. The Hall–Kier alpha value is -0.494. The molecule has 178 valence electrons. The van der Waals surface area contributed by atoms with Crippen molar-refractivity contribution in [1.29, 1.82) is 0 Å². The van der Waals surface area contributed by atoms with Gasteiger partial charge in [-0.2, -0.15) is 0 Å². The number of nitrogens with one attached hydrogen (secondary N) is 1. The molecule has 2 nitrogen and oxygen atoms in total. The fourth-order valence-corrected chi connectivity index (χ4v) is 6.17. The molecule has 1 unspecified atom stereocenters. The molecule has 0 aromatic heterocycles. The van der Waals surface area contributed by atoms with Crippen LogP contribution >= 0.6 is 11.8 Å². The zero-order valence-corrected chi connectivity index (χ0v) is 25.8. The summed E-state index contributed by atoms with van der Waals surface area (Å²) in [4.78, 5) is 14.2. The Morgan fingerprint density at radius 3 is 2.18 bits per heavy atom. The largest absolute Gasteiger partial charge is 2.00 e. The van der Waals surface area contributed by atoms with E-state index in [4.69, 9.17) is 0 Å². The summed E-state index contributed by atoms with van der Waals surface area (Å²) >= 11 is 1.99. The molecule has 3 rings (SSSR count). The van der Waals surface area contributed by atoms with Gasteiger partial charge in [-0.05, 0) is 65.0 Å². The van der Waals surface area contributed by atoms with E-state index in [1.165, 1.54) is 38.3 Å². The van der Waals surface area contributed by atoms with Gasteiger partial charge >= 0.3 is 23.1 Å². The molecule has 2 aromatic rings. The number of hydrogen-bond acceptors (Lipinski definition) is 2. The van der Waals surface area contributed by atoms with Crippen LogP contribution in [0.1, 0.15) is 93.2 Å². The van der Waals surface area contributed by atoms with Crippen molar-refractivity contribution >= 4 is 46.4 Å². The molecule has 1 amide bonds. The topological polar surface area (TPSA) is 29.1 Å². The quantitative estimate of drug-likeness (QED) is 0.439. The van der Waals surface area contributed by atoms with Crippen LogP contribution in [0.2, 0.25) is 0 Å². The normalized spacial score (nSPS) is 14.6. The molecule has 0 aliphatic carbocycles. The van der Waals surface area contributed by atoms with Gasteiger partial charge in [0.1, 0.15) is 0 Å². The standard InChI is InChI=1S/C27H37NOS.CH3.BrH.Mg/c1-9-21-17(4)25(28-23(29)14-27(6,7)8)18(5)24-22(15-30-26(21)24)20-12-10-19(11-13-20)16(2)3;;;/h10-13,16,22H,9,14-15H2,1-8H3,(H,28,29);1H3;1H;/q;-1;;+2/p-1. The van der Waals surface area contributed by atoms with Crippen molar-refractivity contribution in [3.8, 4) is 0 Å². The van der Waals surface area contributed by atoms with Crippen LogP contribution in [0.3, 0.4) is 0 Å². The molecule has 1 N–H and O–H groups in total. The smallest absolute Gasteiger partial charge is 1.00 e. The molecule has 1 aliphatic rings. The maximum Gasteiger partial charge on any atom is 2.00 e. The third kappa shape index (κ3) is 7.25. The van der Waals surface area contributed by atoms with E-state index in [2.05, 4.69) is 85.0 Å². The number of thioether (sulfide) groups is 1. The van der Waals surface area contributed by atoms with Crippen LogP contribution in [0, 0.1) is 26.7 Å². The summed E-state index contributed by atoms with van der Waals surface area (Å²) in [5, 5.41) is 3.29. The van der Waals surface area contributed by atoms with Crippen LogP contribution < -0.4 is 22.3 Å². The Kier molecular flexibility index (Phi) is 12.8. The fourth-order valence-electron chi connectivity index (χ4n) is 4.56. The van der Waals surface area contributed by atoms with Crippen molar-refractivity contribution < 1.29 is 21.8 Å². The third-order valence-corrected chi connectivity index (χ3v) is 7.44. The first-order chi connectivity index (χ1) is 14.0. The first kappa shape index (κ1) is 32.5. The van der Waals surface area contributed by atoms with Crippen molar-refractivity contribution in [1.82, 2.24) is 0 Å². The summed E-state index contributed by atoms with van der Waals surface area (Å²) in [6, 6.07) is 9.16. The van der Waals surface area contributed by atoms with E-state index < -0.39 is 0 Å². The van der Waals surface area contributed by atoms with Crippen molar-refractivity contribution in [3.63, 3.8) is 0 Å². The minimum atomic E-state index is -0.0211. The van der Waals surface area contributed by atoms with Crippen molar-refractivity contribution in [2.45, 2.75) is 85.0 Å². The molecular formula is C28H40BrMgNOS. The van der Waals surface area contributed by atoms with Crippen LogP contribution in [0.5, 0.6) is 0 Å². The van der Waals surface area contributed by atoms with Crippen LogP contribution in [0.15, 0.2) is 29.2 Å². The van der Waals surface area contributed by atoms with Gasteiger partial charge in [0.05, 0.1) is 0 Å². The number of hydrogen-bond donors (Lipinski definition) is 1. The molecule has 2 aromatic carbocycles. The summed E-state index contributed by atoms with van der Waals surface area (Å²) in [6.45, 7) is 17.4. The number of carbonyl (C=O) groups excluding carboxylic acids is 1. The van der Waals surface area contributed by atoms with E-state index in [9.17, 15) is 4.79 Å². The molecule has 33 heavy (non-hydrogen) atoms. The summed E-state index contributed by atoms with van der Waals surface area (Å²) in [6.07, 6.45) is 1.52. The van der Waals surface area contributed by atoms with Gasteiger partial charge in [0.25, 0.3) is 0 Å². The molecular weight excluding hydrogens is 503 g/mol. The minimum absolute atomic E-state index is 0. The molecule has 0 saturated heterocycles. The van der Waals surface area contributed by atoms with E-state index in [0.717, 1.165) is 17.9 Å². The van der Waals surface area contributed by atoms with Crippen molar-refractivity contribution in [3.05, 3.63) is 65.1 Å². The SMILES string of the molecule is CCc1c(C)c(NC(=O)CC(C)(C)C)c(C)c2c1SCC2c1ccc(C(C)C)cc1.[Br-].[CH3-].[Mg+2]. The van der Waals surface area contributed by atoms with Gasteiger partial charge in [-0.1, -0.05) is 65.8 Å². The second-order valence-corrected chi connectivity index (χ2v) is 11.2. The van der Waals surface area contributed by atoms with E-state index in [-0.39, 0.29) is 58.8 Å². The van der Waals surface area contributed by atoms with Gasteiger partial charge in [-0.25, -0.2) is 0 Å². The van der Waals surface area contributed by atoms with Crippen LogP contribution in [-0.4, -0.2) is 34.7 Å². The molecule has 1 aliphatic heterocycles. The van der Waals surface area contributed by atoms with E-state index in [1.807, 2.05) is 11.8 Å². The second kappa shape index (κ2) is 13.0. The zero-order valence-electron chi connectivity index (χ0n) is 22.0. The van der Waals surface area contributed by atoms with E-state index in [0.29, 0.717) is 18.3 Å². The monoisotopic (exact) mass is 541 g/mol. The zero-order chi connectivity index (χ0) is 22.2. The Balaban J connectivity index is 0.00000341. The number of fused-ring (bicyclic) bond motifs is 1. The summed E-state index contributed by atoms with van der Waals surface area (Å²) in [7, 11) is 0. The average Bonchev–Trinajstić information content (AvgIpc) is 3.09. The molecule has 1 heterocycles. The number of amides is 1. The first-order valence-corrected chi connectivity index (χ1v) is 12.2. The maximum atomic E-state index is 12.8. The minimum Gasteiger partial charge on any atom is -1.00 e. The van der Waals surface area contributed by atoms with Gasteiger partial charge in [0.2, 0.25) is 5.91 Å². The molecule has 0 spiro atoms. The van der Waals surface area contributed by atoms with Gasteiger partial charge in [-0.15, -0.1) is 11.8 Å². The van der Waals surface area contributed by atoms with Crippen LogP contribution in [0.25, 0.3) is 0 Å². The van der Waals surface area contributed by atoms with Crippen LogP contribution in [0.4, 0.5) is 5.69 Å². The Morgan fingerprint density at radius 1 is 1.12 bits per heavy atom. The predicted molar refractivity (Wildman–Crippen MR) is 143 cm³/mol. The average molecular weight is 543 g/mol. The predicted octanol–water partition coefficient (Wildman–Crippen LogP) is 4.68. The fraction of sp³-hybridized carbons (Fsp3) is 0.500. The Bertz CT molecular complexity index is 948. The number of anilines is 1. The summed E-state index contributed by atoms with van der Waals surface area (Å²) in [5.74, 6) is 2.11. The first-order valence-electron chi connectivity index (χ1n) is 11.2. The number of benzene rings is 2. The molecule has 0 fully saturated rings. The van der Waals surface area contributed by atoms with Gasteiger partial charge in [-0.3, -0.25) is 4.79 Å². The van der Waals surface area contributed by atoms with Crippen molar-refractivity contribution in [2.24, 2.45) is 5.41 Å². The van der Waals surface area contributed by atoms with Gasteiger partial charge in [0.15, 0.2) is 0 Å². The van der Waals surface area contributed by atoms with Gasteiger partial charge < -0.3 is 29.7 Å². The molecule has 1 atom stereocenters. The number of halogens is 1. The van der Waals surface area contributed by atoms with Crippen molar-refractivity contribution in [2.75, 3.05) is 11.1 Å². The Labute approximate surface area is 233 Å². The molecule has 0 radical (unpaired) electrons. The third-order valence-electron chi connectivity index (χ3n) is 6.18. The summed E-state index contributed by atoms with van der Waals surface area (Å²) in [5.41, 5.74) is 9.07. The Morgan fingerprint density at radius 2 is 1.70 bits per heavy atom.